The number of benzene rings is 1. The molecule has 3 aromatic rings. The van der Waals surface area contributed by atoms with Crippen molar-refractivity contribution in [2.45, 2.75) is 39.8 Å². The number of rotatable bonds is 6. The summed E-state index contributed by atoms with van der Waals surface area (Å²) < 4.78 is 6.69. The fraction of sp³-hybridized carbons (Fsp3) is 0.476. The molecule has 8 heteroatoms. The van der Waals surface area contributed by atoms with Crippen LogP contribution in [-0.4, -0.2) is 33.4 Å². The molecule has 29 heavy (non-hydrogen) atoms. The van der Waals surface area contributed by atoms with Gasteiger partial charge >= 0.3 is 5.76 Å². The number of para-hydroxylation sites is 2. The predicted octanol–water partition coefficient (Wildman–Crippen LogP) is 3.56. The van der Waals surface area contributed by atoms with Crippen LogP contribution in [0.4, 0.5) is 5.13 Å². The van der Waals surface area contributed by atoms with Crippen LogP contribution in [0.25, 0.3) is 11.1 Å². The molecule has 2 aromatic heterocycles. The number of piperidine rings is 1. The molecule has 1 aliphatic heterocycles. The number of hydrogen-bond acceptors (Lipinski definition) is 6. The molecular formula is C21H26N4O3S. The van der Waals surface area contributed by atoms with Gasteiger partial charge in [0.1, 0.15) is 0 Å². The predicted molar refractivity (Wildman–Crippen MR) is 114 cm³/mol. The molecule has 4 rings (SSSR count). The molecule has 2 atom stereocenters. The van der Waals surface area contributed by atoms with Crippen molar-refractivity contribution in [1.29, 1.82) is 0 Å². The third-order valence-electron chi connectivity index (χ3n) is 5.26. The maximum atomic E-state index is 12.3. The fourth-order valence-corrected chi connectivity index (χ4v) is 4.93. The summed E-state index contributed by atoms with van der Waals surface area (Å²) >= 11 is 1.44. The monoisotopic (exact) mass is 414 g/mol. The Morgan fingerprint density at radius 3 is 2.83 bits per heavy atom. The number of aromatic nitrogens is 2. The van der Waals surface area contributed by atoms with Gasteiger partial charge in [-0.15, -0.1) is 11.3 Å². The molecule has 0 spiro atoms. The Labute approximate surface area is 173 Å². The minimum atomic E-state index is -0.444. The van der Waals surface area contributed by atoms with Crippen LogP contribution in [0, 0.1) is 11.8 Å². The third kappa shape index (κ3) is 4.76. The third-order valence-corrected chi connectivity index (χ3v) is 6.07. The Morgan fingerprint density at radius 2 is 2.03 bits per heavy atom. The standard InChI is InChI=1S/C21H26N4O3S/c1-14-9-15(2)11-24(10-14)12-16-13-29-20(22-16)23-19(26)7-8-25-17-5-3-4-6-18(17)28-21(25)27/h3-6,13-15H,7-12H2,1-2H3,(H,22,23,26)/t14-,15-/m1/s1. The topological polar surface area (TPSA) is 80.4 Å². The van der Waals surface area contributed by atoms with Gasteiger partial charge in [-0.2, -0.15) is 0 Å². The van der Waals surface area contributed by atoms with E-state index in [2.05, 4.69) is 29.0 Å². The number of amides is 1. The second-order valence-corrected chi connectivity index (χ2v) is 8.93. The van der Waals surface area contributed by atoms with Crippen LogP contribution in [-0.2, 0) is 17.9 Å². The van der Waals surface area contributed by atoms with Crippen LogP contribution in [0.3, 0.4) is 0 Å². The van der Waals surface area contributed by atoms with E-state index in [1.54, 1.807) is 6.07 Å². The minimum absolute atomic E-state index is 0.164. The van der Waals surface area contributed by atoms with Gasteiger partial charge in [-0.25, -0.2) is 9.78 Å². The first-order valence-electron chi connectivity index (χ1n) is 10.0. The number of carbonyl (C=O) groups excluding carboxylic acids is 1. The van der Waals surface area contributed by atoms with Gasteiger partial charge in [-0.05, 0) is 30.4 Å². The molecule has 1 fully saturated rings. The van der Waals surface area contributed by atoms with Crippen LogP contribution in [0.5, 0.6) is 0 Å². The van der Waals surface area contributed by atoms with Gasteiger partial charge in [0.2, 0.25) is 5.91 Å². The average molecular weight is 415 g/mol. The van der Waals surface area contributed by atoms with E-state index >= 15 is 0 Å². The normalized spacial score (nSPS) is 20.2. The van der Waals surface area contributed by atoms with Gasteiger partial charge in [-0.1, -0.05) is 26.0 Å². The lowest BCUT2D eigenvalue weighted by Crippen LogP contribution is -2.38. The second-order valence-electron chi connectivity index (χ2n) is 8.07. The second kappa shape index (κ2) is 8.51. The van der Waals surface area contributed by atoms with Crippen molar-refractivity contribution < 1.29 is 9.21 Å². The van der Waals surface area contributed by atoms with Crippen LogP contribution >= 0.6 is 11.3 Å². The quantitative estimate of drug-likeness (QED) is 0.667. The lowest BCUT2D eigenvalue weighted by Gasteiger charge is -2.34. The SMILES string of the molecule is C[C@@H]1C[C@@H](C)CN(Cc2csc(NC(=O)CCn3c(=O)oc4ccccc43)n2)C1. The summed E-state index contributed by atoms with van der Waals surface area (Å²) in [7, 11) is 0. The molecule has 0 saturated carbocycles. The van der Waals surface area contributed by atoms with E-state index < -0.39 is 5.76 Å². The lowest BCUT2D eigenvalue weighted by atomic mass is 9.92. The smallest absolute Gasteiger partial charge is 0.408 e. The Balaban J connectivity index is 1.32. The zero-order valence-corrected chi connectivity index (χ0v) is 17.6. The molecule has 0 unspecified atom stereocenters. The number of hydrogen-bond donors (Lipinski definition) is 1. The number of nitrogens with one attached hydrogen (secondary N) is 1. The summed E-state index contributed by atoms with van der Waals surface area (Å²) in [5.74, 6) is 0.807. The molecule has 0 bridgehead atoms. The Kier molecular flexibility index (Phi) is 5.82. The first-order valence-corrected chi connectivity index (χ1v) is 10.9. The highest BCUT2D eigenvalue weighted by molar-refractivity contribution is 7.13. The van der Waals surface area contributed by atoms with Crippen LogP contribution in [0.2, 0.25) is 0 Å². The molecular weight excluding hydrogens is 388 g/mol. The summed E-state index contributed by atoms with van der Waals surface area (Å²) in [6, 6.07) is 7.21. The Morgan fingerprint density at radius 1 is 1.28 bits per heavy atom. The largest absolute Gasteiger partial charge is 0.419 e. The first-order chi connectivity index (χ1) is 14.0. The van der Waals surface area contributed by atoms with Crippen molar-refractivity contribution in [1.82, 2.24) is 14.5 Å². The summed E-state index contributed by atoms with van der Waals surface area (Å²) in [4.78, 5) is 31.3. The van der Waals surface area contributed by atoms with Gasteiger partial charge in [0, 0.05) is 38.0 Å². The number of fused-ring (bicyclic) bond motifs is 1. The summed E-state index contributed by atoms with van der Waals surface area (Å²) in [5.41, 5.74) is 2.22. The highest BCUT2D eigenvalue weighted by Gasteiger charge is 2.22. The van der Waals surface area contributed by atoms with Crippen molar-refractivity contribution in [2.24, 2.45) is 11.8 Å². The summed E-state index contributed by atoms with van der Waals surface area (Å²) in [6.45, 7) is 7.86. The van der Waals surface area contributed by atoms with E-state index in [1.165, 1.54) is 22.3 Å². The molecule has 1 aromatic carbocycles. The van der Waals surface area contributed by atoms with Gasteiger partial charge in [0.15, 0.2) is 10.7 Å². The van der Waals surface area contributed by atoms with Crippen molar-refractivity contribution >= 4 is 33.5 Å². The van der Waals surface area contributed by atoms with E-state index in [-0.39, 0.29) is 18.9 Å². The molecule has 7 nitrogen and oxygen atoms in total. The Hall–Kier alpha value is -2.45. The van der Waals surface area contributed by atoms with Crippen LogP contribution < -0.4 is 11.1 Å². The van der Waals surface area contributed by atoms with Gasteiger partial charge in [0.05, 0.1) is 11.2 Å². The number of likely N-dealkylation sites (tertiary alicyclic amines) is 1. The van der Waals surface area contributed by atoms with Crippen molar-refractivity contribution in [3.05, 3.63) is 45.9 Å². The van der Waals surface area contributed by atoms with Gasteiger partial charge in [-0.3, -0.25) is 14.3 Å². The highest BCUT2D eigenvalue weighted by atomic mass is 32.1. The fourth-order valence-electron chi connectivity index (χ4n) is 4.21. The molecule has 1 saturated heterocycles. The first kappa shape index (κ1) is 19.8. The Bertz CT molecular complexity index is 1040. The number of carbonyl (C=O) groups is 1. The van der Waals surface area contributed by atoms with Crippen LogP contribution in [0.1, 0.15) is 32.4 Å². The lowest BCUT2D eigenvalue weighted by molar-refractivity contribution is -0.116. The molecule has 1 N–H and O–H groups in total. The zero-order valence-electron chi connectivity index (χ0n) is 16.8. The number of thiazole rings is 1. The maximum Gasteiger partial charge on any atom is 0.419 e. The average Bonchev–Trinajstić information content (AvgIpc) is 3.22. The van der Waals surface area contributed by atoms with Gasteiger partial charge in [0.25, 0.3) is 0 Å². The van der Waals surface area contributed by atoms with Crippen molar-refractivity contribution in [2.75, 3.05) is 18.4 Å². The van der Waals surface area contributed by atoms with E-state index in [1.807, 2.05) is 23.6 Å². The molecule has 1 aliphatic rings. The molecule has 1 amide bonds. The van der Waals surface area contributed by atoms with E-state index in [9.17, 15) is 9.59 Å². The van der Waals surface area contributed by atoms with Crippen LogP contribution in [0.15, 0.2) is 38.9 Å². The summed E-state index contributed by atoms with van der Waals surface area (Å²) in [6.07, 6.45) is 1.46. The molecule has 0 aliphatic carbocycles. The summed E-state index contributed by atoms with van der Waals surface area (Å²) in [5, 5.41) is 5.46. The number of anilines is 1. The number of aryl methyl sites for hydroxylation is 1. The minimum Gasteiger partial charge on any atom is -0.408 e. The van der Waals surface area contributed by atoms with Crippen molar-refractivity contribution in [3.63, 3.8) is 0 Å². The number of nitrogens with zero attached hydrogens (tertiary/aromatic N) is 3. The zero-order chi connectivity index (χ0) is 20.4. The highest BCUT2D eigenvalue weighted by Crippen LogP contribution is 2.24. The van der Waals surface area contributed by atoms with Crippen molar-refractivity contribution in [3.8, 4) is 0 Å². The molecule has 3 heterocycles. The van der Waals surface area contributed by atoms with E-state index in [0.717, 1.165) is 25.3 Å². The van der Waals surface area contributed by atoms with E-state index in [0.29, 0.717) is 28.1 Å². The number of oxazole rings is 1. The maximum absolute atomic E-state index is 12.3. The van der Waals surface area contributed by atoms with E-state index in [4.69, 9.17) is 4.42 Å². The molecule has 0 radical (unpaired) electrons. The van der Waals surface area contributed by atoms with Gasteiger partial charge < -0.3 is 9.73 Å². The molecule has 154 valence electrons.